The van der Waals surface area contributed by atoms with Crippen LogP contribution >= 0.6 is 0 Å². The number of hydrogen-bond donors (Lipinski definition) is 1. The molecule has 0 bridgehead atoms. The van der Waals surface area contributed by atoms with E-state index in [1.54, 1.807) is 24.3 Å². The lowest BCUT2D eigenvalue weighted by molar-refractivity contribution is -0.115. The van der Waals surface area contributed by atoms with Crippen LogP contribution in [0.3, 0.4) is 0 Å². The number of nitrogens with zero attached hydrogens (tertiary/aromatic N) is 2. The van der Waals surface area contributed by atoms with Crippen LogP contribution in [0.25, 0.3) is 0 Å². The maximum absolute atomic E-state index is 13.2. The van der Waals surface area contributed by atoms with Crippen molar-refractivity contribution in [3.63, 3.8) is 0 Å². The summed E-state index contributed by atoms with van der Waals surface area (Å²) in [6, 6.07) is 9.41. The zero-order valence-corrected chi connectivity index (χ0v) is 15.7. The van der Waals surface area contributed by atoms with Gasteiger partial charge in [0.15, 0.2) is 23.3 Å². The standard InChI is InChI=1S/C20H18FN3O5/c1-11-17(20(25)23-22-9-12-4-3-5-14(21)6-12)24-29-18(11)13-7-15(26-2)19-16(8-13)27-10-28-19/h3-9,11,18H,10H2,1-2H3,(H,23,25)/b22-9-/t11-,18-/m1/s1. The number of rotatable bonds is 5. The molecule has 0 aliphatic carbocycles. The van der Waals surface area contributed by atoms with Gasteiger partial charge in [0.1, 0.15) is 5.82 Å². The second kappa shape index (κ2) is 7.78. The Labute approximate surface area is 165 Å². The summed E-state index contributed by atoms with van der Waals surface area (Å²) < 4.78 is 29.4. The van der Waals surface area contributed by atoms with Crippen LogP contribution in [0.4, 0.5) is 4.39 Å². The molecule has 0 spiro atoms. The molecule has 0 aromatic heterocycles. The highest BCUT2D eigenvalue weighted by molar-refractivity contribution is 6.39. The molecule has 2 aromatic carbocycles. The van der Waals surface area contributed by atoms with E-state index < -0.39 is 12.0 Å². The molecule has 0 fully saturated rings. The van der Waals surface area contributed by atoms with Crippen LogP contribution in [0, 0.1) is 11.7 Å². The number of benzene rings is 2. The van der Waals surface area contributed by atoms with Gasteiger partial charge in [-0.1, -0.05) is 24.2 Å². The zero-order chi connectivity index (χ0) is 20.4. The molecule has 0 saturated carbocycles. The van der Waals surface area contributed by atoms with Crippen LogP contribution in [0.15, 0.2) is 46.7 Å². The summed E-state index contributed by atoms with van der Waals surface area (Å²) in [6.07, 6.45) is 0.855. The first-order valence-corrected chi connectivity index (χ1v) is 8.87. The van der Waals surface area contributed by atoms with Crippen molar-refractivity contribution in [2.75, 3.05) is 13.9 Å². The van der Waals surface area contributed by atoms with E-state index in [9.17, 15) is 9.18 Å². The normalized spacial score (nSPS) is 19.8. The lowest BCUT2D eigenvalue weighted by Gasteiger charge is -2.16. The predicted octanol–water partition coefficient (Wildman–Crippen LogP) is 2.78. The first-order chi connectivity index (χ1) is 14.1. The maximum atomic E-state index is 13.2. The van der Waals surface area contributed by atoms with Gasteiger partial charge in [-0.05, 0) is 29.8 Å². The van der Waals surface area contributed by atoms with E-state index in [-0.39, 0.29) is 24.2 Å². The molecule has 4 rings (SSSR count). The number of amides is 1. The summed E-state index contributed by atoms with van der Waals surface area (Å²) in [5.41, 5.74) is 3.85. The fourth-order valence-electron chi connectivity index (χ4n) is 3.15. The van der Waals surface area contributed by atoms with Crippen LogP contribution in [-0.4, -0.2) is 31.7 Å². The Balaban J connectivity index is 1.44. The highest BCUT2D eigenvalue weighted by Crippen LogP contribution is 2.45. The summed E-state index contributed by atoms with van der Waals surface area (Å²) in [7, 11) is 1.53. The van der Waals surface area contributed by atoms with Crippen molar-refractivity contribution in [2.45, 2.75) is 13.0 Å². The fourth-order valence-corrected chi connectivity index (χ4v) is 3.15. The lowest BCUT2D eigenvalue weighted by atomic mass is 9.93. The molecule has 150 valence electrons. The van der Waals surface area contributed by atoms with E-state index in [0.29, 0.717) is 22.8 Å². The monoisotopic (exact) mass is 399 g/mol. The number of nitrogens with one attached hydrogen (secondary N) is 1. The van der Waals surface area contributed by atoms with Crippen molar-refractivity contribution >= 4 is 17.8 Å². The zero-order valence-electron chi connectivity index (χ0n) is 15.7. The molecule has 8 nitrogen and oxygen atoms in total. The molecule has 0 saturated heterocycles. The molecule has 2 aromatic rings. The quantitative estimate of drug-likeness (QED) is 0.617. The third-order valence-corrected chi connectivity index (χ3v) is 4.62. The fraction of sp³-hybridized carbons (Fsp3) is 0.250. The van der Waals surface area contributed by atoms with E-state index in [4.69, 9.17) is 19.0 Å². The Morgan fingerprint density at radius 1 is 1.34 bits per heavy atom. The van der Waals surface area contributed by atoms with Crippen molar-refractivity contribution in [2.24, 2.45) is 16.2 Å². The molecular formula is C20H18FN3O5. The minimum Gasteiger partial charge on any atom is -0.493 e. The number of methoxy groups -OCH3 is 1. The molecule has 1 amide bonds. The third-order valence-electron chi connectivity index (χ3n) is 4.62. The van der Waals surface area contributed by atoms with Crippen LogP contribution in [-0.2, 0) is 9.63 Å². The Hall–Kier alpha value is -3.62. The van der Waals surface area contributed by atoms with Gasteiger partial charge >= 0.3 is 0 Å². The van der Waals surface area contributed by atoms with E-state index in [1.165, 1.54) is 25.5 Å². The van der Waals surface area contributed by atoms with Crippen molar-refractivity contribution in [1.82, 2.24) is 5.43 Å². The number of hydrogen-bond acceptors (Lipinski definition) is 7. The second-order valence-electron chi connectivity index (χ2n) is 6.50. The summed E-state index contributed by atoms with van der Waals surface area (Å²) in [4.78, 5) is 17.9. The van der Waals surface area contributed by atoms with E-state index in [1.807, 2.05) is 6.92 Å². The highest BCUT2D eigenvalue weighted by Gasteiger charge is 2.37. The van der Waals surface area contributed by atoms with Crippen LogP contribution in [0.1, 0.15) is 24.2 Å². The summed E-state index contributed by atoms with van der Waals surface area (Å²) in [6.45, 7) is 1.94. The molecular weight excluding hydrogens is 381 g/mol. The number of carbonyl (C=O) groups excluding carboxylic acids is 1. The molecule has 2 heterocycles. The molecule has 1 N–H and O–H groups in total. The number of fused-ring (bicyclic) bond motifs is 1. The molecule has 9 heteroatoms. The van der Waals surface area contributed by atoms with E-state index >= 15 is 0 Å². The Bertz CT molecular complexity index is 1010. The third kappa shape index (κ3) is 3.71. The molecule has 29 heavy (non-hydrogen) atoms. The van der Waals surface area contributed by atoms with Crippen molar-refractivity contribution in [3.8, 4) is 17.2 Å². The molecule has 2 atom stereocenters. The van der Waals surface area contributed by atoms with Gasteiger partial charge in [0.25, 0.3) is 5.91 Å². The molecule has 0 unspecified atom stereocenters. The van der Waals surface area contributed by atoms with Gasteiger partial charge in [-0.2, -0.15) is 5.10 Å². The van der Waals surface area contributed by atoms with Gasteiger partial charge in [0.05, 0.1) is 19.2 Å². The number of oxime groups is 1. The number of halogens is 1. The first-order valence-electron chi connectivity index (χ1n) is 8.87. The van der Waals surface area contributed by atoms with E-state index in [2.05, 4.69) is 15.7 Å². The van der Waals surface area contributed by atoms with Crippen LogP contribution in [0.2, 0.25) is 0 Å². The second-order valence-corrected chi connectivity index (χ2v) is 6.50. The van der Waals surface area contributed by atoms with E-state index in [0.717, 1.165) is 5.56 Å². The molecule has 0 radical (unpaired) electrons. The van der Waals surface area contributed by atoms with Crippen molar-refractivity contribution in [1.29, 1.82) is 0 Å². The van der Waals surface area contributed by atoms with Crippen LogP contribution < -0.4 is 19.6 Å². The molecule has 2 aliphatic heterocycles. The minimum absolute atomic E-state index is 0.115. The van der Waals surface area contributed by atoms with Gasteiger partial charge in [-0.3, -0.25) is 4.79 Å². The predicted molar refractivity (Wildman–Crippen MR) is 102 cm³/mol. The minimum atomic E-state index is -0.500. The average molecular weight is 399 g/mol. The van der Waals surface area contributed by atoms with Crippen LogP contribution in [0.5, 0.6) is 17.2 Å². The average Bonchev–Trinajstić information content (AvgIpc) is 3.33. The highest BCUT2D eigenvalue weighted by atomic mass is 19.1. The number of hydrazone groups is 1. The topological polar surface area (TPSA) is 90.7 Å². The van der Waals surface area contributed by atoms with Gasteiger partial charge in [0, 0.05) is 5.56 Å². The van der Waals surface area contributed by atoms with Gasteiger partial charge in [-0.15, -0.1) is 0 Å². The summed E-state index contributed by atoms with van der Waals surface area (Å²) >= 11 is 0. The number of carbonyl (C=O) groups is 1. The van der Waals surface area contributed by atoms with Gasteiger partial charge in [-0.25, -0.2) is 9.82 Å². The Morgan fingerprint density at radius 3 is 3.00 bits per heavy atom. The summed E-state index contributed by atoms with van der Waals surface area (Å²) in [5.74, 6) is 0.373. The van der Waals surface area contributed by atoms with Crippen molar-refractivity contribution in [3.05, 3.63) is 53.3 Å². The van der Waals surface area contributed by atoms with Gasteiger partial charge < -0.3 is 19.0 Å². The smallest absolute Gasteiger partial charge is 0.289 e. The summed E-state index contributed by atoms with van der Waals surface area (Å²) in [5, 5.41) is 7.77. The first kappa shape index (κ1) is 18.7. The Kier molecular flexibility index (Phi) is 5.03. The maximum Gasteiger partial charge on any atom is 0.289 e. The Morgan fingerprint density at radius 2 is 2.21 bits per heavy atom. The SMILES string of the molecule is COc1cc([C@@H]2ON=C(C(=O)N/N=C\c3cccc(F)c3)[C@H]2C)cc2c1OCO2. The van der Waals surface area contributed by atoms with Crippen molar-refractivity contribution < 1.29 is 28.2 Å². The molecule has 2 aliphatic rings. The number of ether oxygens (including phenoxy) is 3. The van der Waals surface area contributed by atoms with Gasteiger partial charge in [0.2, 0.25) is 12.5 Å². The lowest BCUT2D eigenvalue weighted by Crippen LogP contribution is -2.31. The largest absolute Gasteiger partial charge is 0.493 e.